The molecule has 25 heavy (non-hydrogen) atoms. The second-order valence-corrected chi connectivity index (χ2v) is 7.03. The zero-order valence-corrected chi connectivity index (χ0v) is 14.5. The number of aryl methyl sites for hydroxylation is 1. The molecule has 2 aromatic heterocycles. The highest BCUT2D eigenvalue weighted by molar-refractivity contribution is 7.99. The van der Waals surface area contributed by atoms with Gasteiger partial charge in [-0.3, -0.25) is 0 Å². The lowest BCUT2D eigenvalue weighted by molar-refractivity contribution is 0.0132. The van der Waals surface area contributed by atoms with Crippen molar-refractivity contribution in [2.45, 2.75) is 29.5 Å². The smallest absolute Gasteiger partial charge is 0.168 e. The maximum atomic E-state index is 14.4. The van der Waals surface area contributed by atoms with Crippen molar-refractivity contribution in [3.63, 3.8) is 0 Å². The molecule has 6 nitrogen and oxygen atoms in total. The Morgan fingerprint density at radius 3 is 2.76 bits per heavy atom. The van der Waals surface area contributed by atoms with Crippen LogP contribution >= 0.6 is 11.8 Å². The first-order valence-corrected chi connectivity index (χ1v) is 8.42. The van der Waals surface area contributed by atoms with Crippen LogP contribution in [-0.2, 0) is 19.2 Å². The topological polar surface area (TPSA) is 68.8 Å². The summed E-state index contributed by atoms with van der Waals surface area (Å²) in [7, 11) is 1.83. The van der Waals surface area contributed by atoms with Crippen molar-refractivity contribution in [2.24, 2.45) is 7.05 Å². The number of nitrogens with zero attached hydrogens (tertiary/aromatic N) is 5. The van der Waals surface area contributed by atoms with E-state index < -0.39 is 22.5 Å². The van der Waals surface area contributed by atoms with Crippen LogP contribution in [0.15, 0.2) is 48.4 Å². The molecule has 3 aromatic rings. The van der Waals surface area contributed by atoms with Crippen molar-refractivity contribution in [2.75, 3.05) is 0 Å². The maximum absolute atomic E-state index is 14.4. The second kappa shape index (κ2) is 6.93. The first-order chi connectivity index (χ1) is 11.9. The van der Waals surface area contributed by atoms with Crippen LogP contribution in [0.25, 0.3) is 0 Å². The summed E-state index contributed by atoms with van der Waals surface area (Å²) in [4.78, 5) is 8.07. The SMILES string of the molecule is CC(Sc1nccn1C)C(O)(Cn1cncn1)c1ccc(F)cc1F. The molecule has 0 spiro atoms. The average Bonchev–Trinajstić information content (AvgIpc) is 3.19. The number of thioether (sulfide) groups is 1. The third-order valence-corrected chi connectivity index (χ3v) is 5.35. The fraction of sp³-hybridized carbons (Fsp3) is 0.312. The third-order valence-electron chi connectivity index (χ3n) is 4.00. The van der Waals surface area contributed by atoms with E-state index in [1.807, 2.05) is 7.05 Å². The summed E-state index contributed by atoms with van der Waals surface area (Å²) in [5, 5.41) is 15.5. The van der Waals surface area contributed by atoms with Crippen LogP contribution in [0, 0.1) is 11.6 Å². The van der Waals surface area contributed by atoms with Crippen molar-refractivity contribution < 1.29 is 13.9 Å². The molecule has 0 amide bonds. The molecule has 2 atom stereocenters. The number of aromatic nitrogens is 5. The van der Waals surface area contributed by atoms with Gasteiger partial charge in [-0.25, -0.2) is 23.4 Å². The summed E-state index contributed by atoms with van der Waals surface area (Å²) in [5.74, 6) is -1.51. The van der Waals surface area contributed by atoms with Gasteiger partial charge in [0.1, 0.15) is 29.9 Å². The lowest BCUT2D eigenvalue weighted by Gasteiger charge is -2.34. The van der Waals surface area contributed by atoms with Crippen LogP contribution in [0.1, 0.15) is 12.5 Å². The van der Waals surface area contributed by atoms with Gasteiger partial charge in [-0.1, -0.05) is 17.8 Å². The summed E-state index contributed by atoms with van der Waals surface area (Å²) < 4.78 is 30.9. The third kappa shape index (κ3) is 3.57. The van der Waals surface area contributed by atoms with E-state index >= 15 is 0 Å². The molecule has 9 heteroatoms. The number of aliphatic hydroxyl groups is 1. The Hall–Kier alpha value is -2.26. The Bertz CT molecular complexity index is 854. The summed E-state index contributed by atoms with van der Waals surface area (Å²) >= 11 is 1.29. The summed E-state index contributed by atoms with van der Waals surface area (Å²) in [6.07, 6.45) is 6.19. The van der Waals surface area contributed by atoms with Crippen molar-refractivity contribution in [1.82, 2.24) is 24.3 Å². The van der Waals surface area contributed by atoms with Crippen molar-refractivity contribution in [3.8, 4) is 0 Å². The molecule has 0 aliphatic heterocycles. The predicted octanol–water partition coefficient (Wildman–Crippen LogP) is 2.36. The highest BCUT2D eigenvalue weighted by Gasteiger charge is 2.40. The van der Waals surface area contributed by atoms with Crippen LogP contribution < -0.4 is 0 Å². The standard InChI is InChI=1S/C16H17F2N5OS/c1-11(25-15-20-5-6-22(15)2)16(24,8-23-10-19-9-21-23)13-4-3-12(17)7-14(13)18/h3-7,9-11,24H,8H2,1-2H3. The Kier molecular flexibility index (Phi) is 4.87. The van der Waals surface area contributed by atoms with Gasteiger partial charge in [-0.05, 0) is 13.0 Å². The number of benzene rings is 1. The van der Waals surface area contributed by atoms with Gasteiger partial charge in [-0.2, -0.15) is 5.10 Å². The maximum Gasteiger partial charge on any atom is 0.168 e. The Labute approximate surface area is 147 Å². The van der Waals surface area contributed by atoms with Gasteiger partial charge in [0, 0.05) is 36.3 Å². The van der Waals surface area contributed by atoms with Gasteiger partial charge in [0.05, 0.1) is 6.54 Å². The molecular formula is C16H17F2N5OS. The zero-order valence-electron chi connectivity index (χ0n) is 13.7. The number of hydrogen-bond acceptors (Lipinski definition) is 5. The molecular weight excluding hydrogens is 348 g/mol. The zero-order chi connectivity index (χ0) is 18.0. The molecule has 1 aromatic carbocycles. The van der Waals surface area contributed by atoms with E-state index in [9.17, 15) is 13.9 Å². The largest absolute Gasteiger partial charge is 0.382 e. The molecule has 2 unspecified atom stereocenters. The Balaban J connectivity index is 2.00. The molecule has 132 valence electrons. The lowest BCUT2D eigenvalue weighted by Crippen LogP contribution is -2.41. The molecule has 0 aliphatic rings. The lowest BCUT2D eigenvalue weighted by atomic mass is 9.90. The van der Waals surface area contributed by atoms with E-state index in [4.69, 9.17) is 0 Å². The van der Waals surface area contributed by atoms with Crippen molar-refractivity contribution in [1.29, 1.82) is 0 Å². The quantitative estimate of drug-likeness (QED) is 0.679. The monoisotopic (exact) mass is 365 g/mol. The first kappa shape index (κ1) is 17.6. The minimum Gasteiger partial charge on any atom is -0.382 e. The molecule has 0 radical (unpaired) electrons. The van der Waals surface area contributed by atoms with E-state index in [0.717, 1.165) is 12.1 Å². The fourth-order valence-electron chi connectivity index (χ4n) is 2.56. The van der Waals surface area contributed by atoms with Crippen molar-refractivity contribution in [3.05, 3.63) is 60.4 Å². The van der Waals surface area contributed by atoms with E-state index in [2.05, 4.69) is 15.1 Å². The molecule has 2 heterocycles. The van der Waals surface area contributed by atoms with Crippen LogP contribution in [0.3, 0.4) is 0 Å². The summed E-state index contributed by atoms with van der Waals surface area (Å²) in [5.41, 5.74) is -1.65. The minimum absolute atomic E-state index is 0.00129. The second-order valence-electron chi connectivity index (χ2n) is 5.72. The minimum atomic E-state index is -1.65. The van der Waals surface area contributed by atoms with E-state index in [0.29, 0.717) is 5.16 Å². The molecule has 0 bridgehead atoms. The molecule has 0 fully saturated rings. The van der Waals surface area contributed by atoms with Gasteiger partial charge >= 0.3 is 0 Å². The average molecular weight is 365 g/mol. The van der Waals surface area contributed by atoms with Gasteiger partial charge in [0.2, 0.25) is 0 Å². The number of rotatable bonds is 6. The molecule has 0 saturated carbocycles. The van der Waals surface area contributed by atoms with E-state index in [-0.39, 0.29) is 12.1 Å². The van der Waals surface area contributed by atoms with Crippen LogP contribution in [-0.4, -0.2) is 34.7 Å². The molecule has 0 saturated heterocycles. The molecule has 1 N–H and O–H groups in total. The number of imidazole rings is 1. The highest BCUT2D eigenvalue weighted by atomic mass is 32.2. The van der Waals surface area contributed by atoms with Gasteiger partial charge < -0.3 is 9.67 Å². The van der Waals surface area contributed by atoms with Gasteiger partial charge in [0.25, 0.3) is 0 Å². The Morgan fingerprint density at radius 2 is 2.16 bits per heavy atom. The van der Waals surface area contributed by atoms with Crippen LogP contribution in [0.4, 0.5) is 8.78 Å². The van der Waals surface area contributed by atoms with E-state index in [1.165, 1.54) is 35.2 Å². The van der Waals surface area contributed by atoms with Gasteiger partial charge in [0.15, 0.2) is 5.16 Å². The van der Waals surface area contributed by atoms with Gasteiger partial charge in [-0.15, -0.1) is 0 Å². The highest BCUT2D eigenvalue weighted by Crippen LogP contribution is 2.38. The fourth-order valence-corrected chi connectivity index (χ4v) is 3.62. The number of hydrogen-bond donors (Lipinski definition) is 1. The Morgan fingerprint density at radius 1 is 1.36 bits per heavy atom. The van der Waals surface area contributed by atoms with Crippen LogP contribution in [0.2, 0.25) is 0 Å². The first-order valence-electron chi connectivity index (χ1n) is 7.54. The molecule has 0 aliphatic carbocycles. The predicted molar refractivity (Wildman–Crippen MR) is 88.8 cm³/mol. The summed E-state index contributed by atoms with van der Waals surface area (Å²) in [6.45, 7) is 1.73. The number of halogens is 2. The summed E-state index contributed by atoms with van der Waals surface area (Å²) in [6, 6.07) is 3.15. The van der Waals surface area contributed by atoms with Crippen LogP contribution in [0.5, 0.6) is 0 Å². The van der Waals surface area contributed by atoms with E-state index in [1.54, 1.807) is 23.9 Å². The normalized spacial score (nSPS) is 15.1. The molecule has 3 rings (SSSR count). The van der Waals surface area contributed by atoms with Crippen molar-refractivity contribution >= 4 is 11.8 Å².